The molecule has 0 saturated heterocycles. The minimum absolute atomic E-state index is 0.0228. The van der Waals surface area contributed by atoms with E-state index in [1.54, 1.807) is 13.3 Å². The molecule has 1 heterocycles. The van der Waals surface area contributed by atoms with Crippen molar-refractivity contribution in [1.29, 1.82) is 0 Å². The molecule has 0 aromatic carbocycles. The van der Waals surface area contributed by atoms with Gasteiger partial charge in [-0.1, -0.05) is 6.07 Å². The monoisotopic (exact) mass is 236 g/mol. The van der Waals surface area contributed by atoms with Gasteiger partial charge in [0.05, 0.1) is 6.61 Å². The number of hydrogen-bond donors (Lipinski definition) is 1. The number of pyridine rings is 1. The third kappa shape index (κ3) is 3.98. The summed E-state index contributed by atoms with van der Waals surface area (Å²) < 4.78 is 10.8. The van der Waals surface area contributed by atoms with Crippen molar-refractivity contribution in [3.63, 3.8) is 0 Å². The van der Waals surface area contributed by atoms with Crippen LogP contribution >= 0.6 is 0 Å². The summed E-state index contributed by atoms with van der Waals surface area (Å²) in [6.07, 6.45) is 4.36. The van der Waals surface area contributed by atoms with Crippen LogP contribution in [0.4, 0.5) is 0 Å². The molecular weight excluding hydrogens is 216 g/mol. The number of nitrogens with zero attached hydrogens (tertiary/aromatic N) is 1. The zero-order valence-electron chi connectivity index (χ0n) is 10.5. The highest BCUT2D eigenvalue weighted by Crippen LogP contribution is 2.21. The van der Waals surface area contributed by atoms with Crippen LogP contribution in [0.5, 0.6) is 5.88 Å². The largest absolute Gasteiger partial charge is 0.472 e. The van der Waals surface area contributed by atoms with E-state index in [2.05, 4.69) is 16.4 Å². The van der Waals surface area contributed by atoms with Crippen molar-refractivity contribution in [2.45, 2.75) is 38.5 Å². The Bertz CT molecular complexity index is 353. The number of aromatic nitrogens is 1. The molecule has 1 unspecified atom stereocenters. The predicted octanol–water partition coefficient (Wildman–Crippen LogP) is 1.75. The normalized spacial score (nSPS) is 16.8. The molecule has 0 amide bonds. The highest BCUT2D eigenvalue weighted by atomic mass is 16.5. The van der Waals surface area contributed by atoms with Gasteiger partial charge in [-0.25, -0.2) is 4.98 Å². The van der Waals surface area contributed by atoms with Crippen molar-refractivity contribution in [3.8, 4) is 5.88 Å². The maximum Gasteiger partial charge on any atom is 0.218 e. The van der Waals surface area contributed by atoms with Gasteiger partial charge in [0.25, 0.3) is 0 Å². The van der Waals surface area contributed by atoms with Crippen molar-refractivity contribution in [2.24, 2.45) is 0 Å². The Morgan fingerprint density at radius 1 is 1.53 bits per heavy atom. The second kappa shape index (κ2) is 5.98. The lowest BCUT2D eigenvalue weighted by atomic mass is 10.2. The van der Waals surface area contributed by atoms with Crippen LogP contribution in [0.3, 0.4) is 0 Å². The molecule has 4 heteroatoms. The van der Waals surface area contributed by atoms with E-state index in [9.17, 15) is 0 Å². The summed E-state index contributed by atoms with van der Waals surface area (Å²) in [6.45, 7) is 3.38. The van der Waals surface area contributed by atoms with E-state index in [4.69, 9.17) is 9.47 Å². The number of methoxy groups -OCH3 is 1. The summed E-state index contributed by atoms with van der Waals surface area (Å²) in [5.74, 6) is 0.713. The van der Waals surface area contributed by atoms with Crippen molar-refractivity contribution in [1.82, 2.24) is 10.3 Å². The van der Waals surface area contributed by atoms with Crippen LogP contribution in [-0.2, 0) is 11.3 Å². The Morgan fingerprint density at radius 3 is 3.06 bits per heavy atom. The average molecular weight is 236 g/mol. The van der Waals surface area contributed by atoms with Crippen molar-refractivity contribution in [2.75, 3.05) is 13.7 Å². The first-order valence-electron chi connectivity index (χ1n) is 6.12. The van der Waals surface area contributed by atoms with E-state index in [1.165, 1.54) is 12.8 Å². The maximum absolute atomic E-state index is 5.76. The summed E-state index contributed by atoms with van der Waals surface area (Å²) >= 11 is 0. The van der Waals surface area contributed by atoms with E-state index in [0.29, 0.717) is 18.5 Å². The summed E-state index contributed by atoms with van der Waals surface area (Å²) in [4.78, 5) is 4.28. The van der Waals surface area contributed by atoms with Gasteiger partial charge in [-0.2, -0.15) is 0 Å². The van der Waals surface area contributed by atoms with Crippen molar-refractivity contribution < 1.29 is 9.47 Å². The summed E-state index contributed by atoms with van der Waals surface area (Å²) in [6, 6.07) is 4.69. The number of nitrogens with one attached hydrogen (secondary N) is 1. The molecule has 1 N–H and O–H groups in total. The molecule has 1 fully saturated rings. The fourth-order valence-electron chi connectivity index (χ4n) is 1.67. The smallest absolute Gasteiger partial charge is 0.218 e. The average Bonchev–Trinajstić information content (AvgIpc) is 3.12. The third-order valence-electron chi connectivity index (χ3n) is 2.72. The first-order chi connectivity index (χ1) is 8.29. The van der Waals surface area contributed by atoms with Gasteiger partial charge in [0.2, 0.25) is 5.88 Å². The SMILES string of the molecule is COCC(C)Oc1ncccc1CNC1CC1. The van der Waals surface area contributed by atoms with Crippen LogP contribution in [0.25, 0.3) is 0 Å². The molecule has 0 radical (unpaired) electrons. The van der Waals surface area contributed by atoms with E-state index in [0.717, 1.165) is 12.1 Å². The fourth-order valence-corrected chi connectivity index (χ4v) is 1.67. The Morgan fingerprint density at radius 2 is 2.35 bits per heavy atom. The van der Waals surface area contributed by atoms with Gasteiger partial charge in [0.1, 0.15) is 6.10 Å². The molecule has 1 aliphatic rings. The topological polar surface area (TPSA) is 43.4 Å². The van der Waals surface area contributed by atoms with Gasteiger partial charge in [-0.05, 0) is 25.8 Å². The Balaban J connectivity index is 1.93. The summed E-state index contributed by atoms with van der Waals surface area (Å²) in [5.41, 5.74) is 1.11. The summed E-state index contributed by atoms with van der Waals surface area (Å²) in [5, 5.41) is 3.47. The minimum atomic E-state index is 0.0228. The van der Waals surface area contributed by atoms with Crippen LogP contribution in [0.2, 0.25) is 0 Å². The quantitative estimate of drug-likeness (QED) is 0.783. The molecule has 1 aromatic rings. The third-order valence-corrected chi connectivity index (χ3v) is 2.72. The predicted molar refractivity (Wildman–Crippen MR) is 66.1 cm³/mol. The van der Waals surface area contributed by atoms with E-state index >= 15 is 0 Å². The number of ether oxygens (including phenoxy) is 2. The Kier molecular flexibility index (Phi) is 4.34. The molecule has 0 aliphatic heterocycles. The molecule has 1 aliphatic carbocycles. The minimum Gasteiger partial charge on any atom is -0.472 e. The van der Waals surface area contributed by atoms with E-state index in [-0.39, 0.29) is 6.10 Å². The van der Waals surface area contributed by atoms with E-state index in [1.807, 2.05) is 13.0 Å². The molecule has 2 rings (SSSR count). The first kappa shape index (κ1) is 12.3. The standard InChI is InChI=1S/C13H20N2O2/c1-10(9-16-2)17-13-11(4-3-7-14-13)8-15-12-5-6-12/h3-4,7,10,12,15H,5-6,8-9H2,1-2H3. The molecule has 17 heavy (non-hydrogen) atoms. The highest BCUT2D eigenvalue weighted by Gasteiger charge is 2.21. The van der Waals surface area contributed by atoms with Gasteiger partial charge in [-0.3, -0.25) is 0 Å². The molecular formula is C13H20N2O2. The van der Waals surface area contributed by atoms with Crippen LogP contribution in [-0.4, -0.2) is 30.8 Å². The van der Waals surface area contributed by atoms with Crippen LogP contribution in [0, 0.1) is 0 Å². The van der Waals surface area contributed by atoms with Crippen LogP contribution < -0.4 is 10.1 Å². The van der Waals surface area contributed by atoms with Crippen molar-refractivity contribution >= 4 is 0 Å². The second-order valence-corrected chi connectivity index (χ2v) is 4.51. The molecule has 0 bridgehead atoms. The van der Waals surface area contributed by atoms with Gasteiger partial charge in [-0.15, -0.1) is 0 Å². The van der Waals surface area contributed by atoms with E-state index < -0.39 is 0 Å². The molecule has 0 spiro atoms. The highest BCUT2D eigenvalue weighted by molar-refractivity contribution is 5.25. The molecule has 1 saturated carbocycles. The molecule has 1 atom stereocenters. The lowest BCUT2D eigenvalue weighted by Gasteiger charge is -2.15. The molecule has 1 aromatic heterocycles. The van der Waals surface area contributed by atoms with Gasteiger partial charge in [0.15, 0.2) is 0 Å². The van der Waals surface area contributed by atoms with Gasteiger partial charge >= 0.3 is 0 Å². The Labute approximate surface area is 102 Å². The zero-order valence-corrected chi connectivity index (χ0v) is 10.5. The van der Waals surface area contributed by atoms with Gasteiger partial charge in [0, 0.05) is 31.5 Å². The van der Waals surface area contributed by atoms with Gasteiger partial charge < -0.3 is 14.8 Å². The maximum atomic E-state index is 5.76. The number of hydrogen-bond acceptors (Lipinski definition) is 4. The second-order valence-electron chi connectivity index (χ2n) is 4.51. The first-order valence-corrected chi connectivity index (χ1v) is 6.12. The lowest BCUT2D eigenvalue weighted by molar-refractivity contribution is 0.0881. The zero-order chi connectivity index (χ0) is 12.1. The molecule has 94 valence electrons. The molecule has 4 nitrogen and oxygen atoms in total. The lowest BCUT2D eigenvalue weighted by Crippen LogP contribution is -2.21. The summed E-state index contributed by atoms with van der Waals surface area (Å²) in [7, 11) is 1.67. The Hall–Kier alpha value is -1.13. The van der Waals surface area contributed by atoms with Crippen molar-refractivity contribution in [3.05, 3.63) is 23.9 Å². The fraction of sp³-hybridized carbons (Fsp3) is 0.615. The van der Waals surface area contributed by atoms with Crippen LogP contribution in [0.1, 0.15) is 25.3 Å². The van der Waals surface area contributed by atoms with Crippen LogP contribution in [0.15, 0.2) is 18.3 Å². The number of rotatable bonds is 7.